The van der Waals surface area contributed by atoms with E-state index >= 15 is 0 Å². The first-order chi connectivity index (χ1) is 11.4. The predicted octanol–water partition coefficient (Wildman–Crippen LogP) is 1.92. The molecule has 1 fully saturated rings. The Kier molecular flexibility index (Phi) is 7.42. The molecule has 1 aliphatic rings. The van der Waals surface area contributed by atoms with Crippen LogP contribution in [0.3, 0.4) is 0 Å². The molecule has 1 heterocycles. The van der Waals surface area contributed by atoms with Crippen molar-refractivity contribution in [2.45, 2.75) is 76.4 Å². The summed E-state index contributed by atoms with van der Waals surface area (Å²) in [5, 5.41) is 16.9. The molecule has 5 atom stereocenters. The van der Waals surface area contributed by atoms with E-state index in [1.54, 1.807) is 0 Å². The Morgan fingerprint density at radius 3 is 2.48 bits per heavy atom. The molecule has 144 valence electrons. The zero-order valence-electron chi connectivity index (χ0n) is 16.0. The fourth-order valence-corrected chi connectivity index (χ4v) is 3.38. The average Bonchev–Trinajstić information content (AvgIpc) is 2.48. The second-order valence-electron chi connectivity index (χ2n) is 7.76. The highest BCUT2D eigenvalue weighted by Gasteiger charge is 2.47. The number of azide groups is 1. The molecule has 0 aromatic carbocycles. The lowest BCUT2D eigenvalue weighted by Gasteiger charge is -2.44. The van der Waals surface area contributed by atoms with E-state index in [-0.39, 0.29) is 17.6 Å². The number of methoxy groups -OCH3 is 1. The Labute approximate surface area is 149 Å². The average molecular weight is 375 g/mol. The number of aliphatic hydroxyl groups is 1. The van der Waals surface area contributed by atoms with Gasteiger partial charge in [-0.25, -0.2) is 0 Å². The van der Waals surface area contributed by atoms with Gasteiger partial charge in [0.05, 0.1) is 24.8 Å². The van der Waals surface area contributed by atoms with E-state index in [2.05, 4.69) is 49.2 Å². The van der Waals surface area contributed by atoms with Crippen LogP contribution in [0.4, 0.5) is 0 Å². The number of ether oxygens (including phenoxy) is 2. The normalized spacial score (nSPS) is 30.5. The van der Waals surface area contributed by atoms with Gasteiger partial charge in [0.2, 0.25) is 5.91 Å². The second kappa shape index (κ2) is 8.48. The maximum absolute atomic E-state index is 11.4. The number of aliphatic hydroxyl groups excluding tert-OH is 1. The summed E-state index contributed by atoms with van der Waals surface area (Å²) < 4.78 is 17.2. The summed E-state index contributed by atoms with van der Waals surface area (Å²) in [5.74, 6) is -0.336. The third-order valence-corrected chi connectivity index (χ3v) is 9.40. The van der Waals surface area contributed by atoms with Crippen molar-refractivity contribution < 1.29 is 23.8 Å². The van der Waals surface area contributed by atoms with Gasteiger partial charge >= 0.3 is 0 Å². The Balaban J connectivity index is 2.97. The molecule has 0 saturated carbocycles. The van der Waals surface area contributed by atoms with Gasteiger partial charge in [0.1, 0.15) is 6.10 Å². The zero-order valence-corrected chi connectivity index (χ0v) is 17.0. The number of carbonyl (C=O) groups excluding carboxylic acids is 1. The lowest BCUT2D eigenvalue weighted by molar-refractivity contribution is -0.236. The smallest absolute Gasteiger partial charge is 0.217 e. The third kappa shape index (κ3) is 5.40. The molecule has 0 unspecified atom stereocenters. The van der Waals surface area contributed by atoms with Crippen molar-refractivity contribution in [3.63, 3.8) is 0 Å². The summed E-state index contributed by atoms with van der Waals surface area (Å²) >= 11 is 0. The van der Waals surface area contributed by atoms with E-state index in [0.29, 0.717) is 0 Å². The SMILES string of the molecule is CO[C@@H]1O[C@H](CO[Si](C)(C)C(C)(C)C)[C@@H](O)[C@@H](N=[N+]=[N-])[C@H]1NC(C)=O. The van der Waals surface area contributed by atoms with Crippen LogP contribution in [0, 0.1) is 0 Å². The van der Waals surface area contributed by atoms with Gasteiger partial charge < -0.3 is 24.3 Å². The molecule has 9 nitrogen and oxygen atoms in total. The fraction of sp³-hybridized carbons (Fsp3) is 0.933. The molecule has 0 aliphatic carbocycles. The number of nitrogens with zero attached hydrogens (tertiary/aromatic N) is 3. The summed E-state index contributed by atoms with van der Waals surface area (Å²) in [4.78, 5) is 14.2. The van der Waals surface area contributed by atoms with Gasteiger partial charge in [0.25, 0.3) is 0 Å². The van der Waals surface area contributed by atoms with Crippen LogP contribution in [-0.2, 0) is 18.7 Å². The quantitative estimate of drug-likeness (QED) is 0.318. The van der Waals surface area contributed by atoms with Crippen molar-refractivity contribution in [2.24, 2.45) is 5.11 Å². The van der Waals surface area contributed by atoms with Crippen LogP contribution >= 0.6 is 0 Å². The highest BCUT2D eigenvalue weighted by atomic mass is 28.4. The first-order valence-corrected chi connectivity index (χ1v) is 11.2. The molecule has 0 spiro atoms. The van der Waals surface area contributed by atoms with E-state index in [9.17, 15) is 9.90 Å². The largest absolute Gasteiger partial charge is 0.414 e. The van der Waals surface area contributed by atoms with Gasteiger partial charge in [-0.1, -0.05) is 25.9 Å². The molecule has 1 rings (SSSR count). The summed E-state index contributed by atoms with van der Waals surface area (Å²) in [5.41, 5.74) is 8.83. The monoisotopic (exact) mass is 374 g/mol. The maximum Gasteiger partial charge on any atom is 0.217 e. The molecule has 10 heteroatoms. The van der Waals surface area contributed by atoms with E-state index in [0.717, 1.165) is 0 Å². The van der Waals surface area contributed by atoms with Crippen molar-refractivity contribution >= 4 is 14.2 Å². The lowest BCUT2D eigenvalue weighted by Crippen LogP contribution is -2.64. The van der Waals surface area contributed by atoms with Crippen LogP contribution in [0.15, 0.2) is 5.11 Å². The van der Waals surface area contributed by atoms with Crippen LogP contribution in [0.5, 0.6) is 0 Å². The van der Waals surface area contributed by atoms with Crippen LogP contribution in [0.25, 0.3) is 10.4 Å². The first kappa shape index (κ1) is 21.9. The highest BCUT2D eigenvalue weighted by molar-refractivity contribution is 6.74. The minimum atomic E-state index is -2.04. The molecule has 2 N–H and O–H groups in total. The van der Waals surface area contributed by atoms with Crippen molar-refractivity contribution in [2.75, 3.05) is 13.7 Å². The number of hydrogen-bond acceptors (Lipinski definition) is 6. The summed E-state index contributed by atoms with van der Waals surface area (Å²) in [7, 11) is -0.613. The molecule has 1 saturated heterocycles. The number of nitrogens with one attached hydrogen (secondary N) is 1. The van der Waals surface area contributed by atoms with Gasteiger partial charge in [-0.15, -0.1) is 0 Å². The third-order valence-electron chi connectivity index (χ3n) is 4.90. The maximum atomic E-state index is 11.4. The highest BCUT2D eigenvalue weighted by Crippen LogP contribution is 2.37. The molecule has 0 bridgehead atoms. The fourth-order valence-electron chi connectivity index (χ4n) is 2.37. The van der Waals surface area contributed by atoms with Crippen molar-refractivity contribution in [3.05, 3.63) is 10.4 Å². The Morgan fingerprint density at radius 1 is 1.44 bits per heavy atom. The van der Waals surface area contributed by atoms with Crippen molar-refractivity contribution in [3.8, 4) is 0 Å². The van der Waals surface area contributed by atoms with Crippen LogP contribution in [0.2, 0.25) is 18.1 Å². The minimum Gasteiger partial charge on any atom is -0.414 e. The van der Waals surface area contributed by atoms with Gasteiger partial charge in [-0.05, 0) is 23.7 Å². The number of amides is 1. The molecular weight excluding hydrogens is 344 g/mol. The topological polar surface area (TPSA) is 126 Å². The van der Waals surface area contributed by atoms with Crippen LogP contribution in [0.1, 0.15) is 27.7 Å². The van der Waals surface area contributed by atoms with E-state index < -0.39 is 38.9 Å². The number of rotatable bonds is 6. The predicted molar refractivity (Wildman–Crippen MR) is 95.4 cm³/mol. The molecule has 0 aromatic rings. The first-order valence-electron chi connectivity index (χ1n) is 8.26. The summed E-state index contributed by atoms with van der Waals surface area (Å²) in [6.07, 6.45) is -2.70. The number of carbonyl (C=O) groups is 1. The van der Waals surface area contributed by atoms with Crippen molar-refractivity contribution in [1.82, 2.24) is 5.32 Å². The standard InChI is InChI=1S/C15H30N4O5Si/c1-9(20)17-12-11(18-19-16)13(21)10(24-14(12)22-5)8-23-25(6,7)15(2,3)4/h10-14,21H,8H2,1-7H3,(H,17,20)/t10-,11+,12-,13-,14-/m1/s1. The molecule has 0 radical (unpaired) electrons. The summed E-state index contributed by atoms with van der Waals surface area (Å²) in [6.45, 7) is 12.0. The molecule has 1 amide bonds. The van der Waals surface area contributed by atoms with Gasteiger partial charge in [0.15, 0.2) is 14.6 Å². The number of hydrogen-bond donors (Lipinski definition) is 2. The van der Waals surface area contributed by atoms with Gasteiger partial charge in [0, 0.05) is 18.9 Å². The molecule has 1 aliphatic heterocycles. The van der Waals surface area contributed by atoms with E-state index in [1.807, 2.05) is 0 Å². The van der Waals surface area contributed by atoms with Crippen LogP contribution < -0.4 is 5.32 Å². The van der Waals surface area contributed by atoms with Crippen LogP contribution in [-0.4, -0.2) is 63.6 Å². The Bertz CT molecular complexity index is 519. The van der Waals surface area contributed by atoms with Crippen molar-refractivity contribution in [1.29, 1.82) is 0 Å². The van der Waals surface area contributed by atoms with Gasteiger partial charge in [-0.3, -0.25) is 4.79 Å². The van der Waals surface area contributed by atoms with Gasteiger partial charge in [-0.2, -0.15) is 0 Å². The molecule has 0 aromatic heterocycles. The Hall–Kier alpha value is -1.16. The molecular formula is C15H30N4O5Si. The Morgan fingerprint density at radius 2 is 2.04 bits per heavy atom. The lowest BCUT2D eigenvalue weighted by atomic mass is 9.95. The second-order valence-corrected chi connectivity index (χ2v) is 12.6. The van der Waals surface area contributed by atoms with E-state index in [1.165, 1.54) is 14.0 Å². The minimum absolute atomic E-state index is 0.0101. The molecule has 25 heavy (non-hydrogen) atoms. The van der Waals surface area contributed by atoms with E-state index in [4.69, 9.17) is 19.4 Å². The zero-order chi connectivity index (χ0) is 19.4. The summed E-state index contributed by atoms with van der Waals surface area (Å²) in [6, 6.07) is -1.70.